The van der Waals surface area contributed by atoms with Crippen LogP contribution in [-0.4, -0.2) is 33.0 Å². The summed E-state index contributed by atoms with van der Waals surface area (Å²) in [6.45, 7) is 7.98. The molecule has 122 valence electrons. The van der Waals surface area contributed by atoms with Crippen molar-refractivity contribution in [3.63, 3.8) is 0 Å². The fourth-order valence-electron chi connectivity index (χ4n) is 2.86. The summed E-state index contributed by atoms with van der Waals surface area (Å²) in [6.07, 6.45) is 1.66. The van der Waals surface area contributed by atoms with E-state index in [9.17, 15) is 9.90 Å². The number of rotatable bonds is 5. The van der Waals surface area contributed by atoms with Crippen molar-refractivity contribution in [2.45, 2.75) is 46.4 Å². The number of aromatic nitrogens is 1. The van der Waals surface area contributed by atoms with Crippen molar-refractivity contribution in [3.05, 3.63) is 53.9 Å². The van der Waals surface area contributed by atoms with Crippen LogP contribution in [0.2, 0.25) is 0 Å². The van der Waals surface area contributed by atoms with Gasteiger partial charge < -0.3 is 10.0 Å². The first kappa shape index (κ1) is 17.2. The SMILES string of the molecule is CC(C)N(C(=O)c1ccccc1-c1ccnc(CO)c1)C(C)C. The maximum atomic E-state index is 13.0. The van der Waals surface area contributed by atoms with Gasteiger partial charge in [-0.05, 0) is 57.0 Å². The summed E-state index contributed by atoms with van der Waals surface area (Å²) in [5.74, 6) is 0.0213. The molecule has 0 aliphatic carbocycles. The minimum Gasteiger partial charge on any atom is -0.390 e. The zero-order chi connectivity index (χ0) is 17.0. The Kier molecular flexibility index (Phi) is 5.50. The fraction of sp³-hybridized carbons (Fsp3) is 0.368. The highest BCUT2D eigenvalue weighted by Gasteiger charge is 2.23. The zero-order valence-corrected chi connectivity index (χ0v) is 14.2. The number of benzene rings is 1. The molecule has 23 heavy (non-hydrogen) atoms. The first-order valence-corrected chi connectivity index (χ1v) is 7.93. The van der Waals surface area contributed by atoms with E-state index in [1.165, 1.54) is 0 Å². The summed E-state index contributed by atoms with van der Waals surface area (Å²) in [5, 5.41) is 9.28. The molecule has 0 fully saturated rings. The molecular formula is C19H24N2O2. The molecule has 0 aliphatic rings. The lowest BCUT2D eigenvalue weighted by Gasteiger charge is -2.31. The third kappa shape index (κ3) is 3.77. The summed E-state index contributed by atoms with van der Waals surface area (Å²) >= 11 is 0. The van der Waals surface area contributed by atoms with Crippen LogP contribution in [0.1, 0.15) is 43.7 Å². The predicted octanol–water partition coefficient (Wildman–Crippen LogP) is 3.50. The van der Waals surface area contributed by atoms with Crippen LogP contribution in [0.4, 0.5) is 0 Å². The topological polar surface area (TPSA) is 53.4 Å². The predicted molar refractivity (Wildman–Crippen MR) is 92.0 cm³/mol. The average Bonchev–Trinajstić information content (AvgIpc) is 2.54. The molecule has 0 aliphatic heterocycles. The van der Waals surface area contributed by atoms with Crippen LogP contribution in [0, 0.1) is 0 Å². The Labute approximate surface area is 137 Å². The van der Waals surface area contributed by atoms with Gasteiger partial charge >= 0.3 is 0 Å². The zero-order valence-electron chi connectivity index (χ0n) is 14.2. The van der Waals surface area contributed by atoms with Gasteiger partial charge in [0.25, 0.3) is 5.91 Å². The van der Waals surface area contributed by atoms with Crippen LogP contribution in [0.25, 0.3) is 11.1 Å². The standard InChI is InChI=1S/C19H24N2O2/c1-13(2)21(14(3)4)19(23)18-8-6-5-7-17(18)15-9-10-20-16(11-15)12-22/h5-11,13-14,22H,12H2,1-4H3. The highest BCUT2D eigenvalue weighted by molar-refractivity contribution is 6.01. The van der Waals surface area contributed by atoms with Crippen molar-refractivity contribution in [3.8, 4) is 11.1 Å². The van der Waals surface area contributed by atoms with Gasteiger partial charge in [-0.3, -0.25) is 9.78 Å². The monoisotopic (exact) mass is 312 g/mol. The van der Waals surface area contributed by atoms with E-state index in [2.05, 4.69) is 4.98 Å². The van der Waals surface area contributed by atoms with Gasteiger partial charge in [-0.25, -0.2) is 0 Å². The van der Waals surface area contributed by atoms with E-state index in [1.807, 2.05) is 69.0 Å². The van der Waals surface area contributed by atoms with E-state index in [0.29, 0.717) is 11.3 Å². The number of aliphatic hydroxyl groups excluding tert-OH is 1. The Morgan fingerprint density at radius 3 is 2.39 bits per heavy atom. The quantitative estimate of drug-likeness (QED) is 0.919. The molecule has 1 aromatic heterocycles. The molecule has 0 radical (unpaired) electrons. The van der Waals surface area contributed by atoms with Crippen molar-refractivity contribution >= 4 is 5.91 Å². The van der Waals surface area contributed by atoms with Gasteiger partial charge in [0, 0.05) is 23.8 Å². The molecule has 2 rings (SSSR count). The smallest absolute Gasteiger partial charge is 0.254 e. The van der Waals surface area contributed by atoms with E-state index in [4.69, 9.17) is 0 Å². The first-order chi connectivity index (χ1) is 11.0. The van der Waals surface area contributed by atoms with Gasteiger partial charge in [0.2, 0.25) is 0 Å². The first-order valence-electron chi connectivity index (χ1n) is 7.93. The lowest BCUT2D eigenvalue weighted by Crippen LogP contribution is -2.42. The summed E-state index contributed by atoms with van der Waals surface area (Å²) in [4.78, 5) is 19.0. The van der Waals surface area contributed by atoms with Crippen LogP contribution >= 0.6 is 0 Å². The highest BCUT2D eigenvalue weighted by Crippen LogP contribution is 2.26. The lowest BCUT2D eigenvalue weighted by atomic mass is 9.98. The summed E-state index contributed by atoms with van der Waals surface area (Å²) in [6, 6.07) is 11.5. The minimum atomic E-state index is -0.117. The van der Waals surface area contributed by atoms with E-state index in [1.54, 1.807) is 6.20 Å². The maximum absolute atomic E-state index is 13.0. The Hall–Kier alpha value is -2.20. The van der Waals surface area contributed by atoms with Crippen molar-refractivity contribution in [2.75, 3.05) is 0 Å². The van der Waals surface area contributed by atoms with Crippen molar-refractivity contribution < 1.29 is 9.90 Å². The molecular weight excluding hydrogens is 288 g/mol. The fourth-order valence-corrected chi connectivity index (χ4v) is 2.86. The molecule has 0 saturated heterocycles. The number of nitrogens with zero attached hydrogens (tertiary/aromatic N) is 2. The van der Waals surface area contributed by atoms with E-state index < -0.39 is 0 Å². The number of hydrogen-bond acceptors (Lipinski definition) is 3. The third-order valence-corrected chi connectivity index (χ3v) is 3.79. The van der Waals surface area contributed by atoms with Crippen LogP contribution in [-0.2, 0) is 6.61 Å². The molecule has 2 aromatic rings. The molecule has 0 saturated carbocycles. The molecule has 1 amide bonds. The molecule has 0 atom stereocenters. The van der Waals surface area contributed by atoms with Gasteiger partial charge in [0.1, 0.15) is 0 Å². The molecule has 4 nitrogen and oxygen atoms in total. The number of pyridine rings is 1. The Morgan fingerprint density at radius 2 is 1.78 bits per heavy atom. The van der Waals surface area contributed by atoms with E-state index in [-0.39, 0.29) is 24.6 Å². The van der Waals surface area contributed by atoms with Crippen LogP contribution in [0.3, 0.4) is 0 Å². The van der Waals surface area contributed by atoms with Gasteiger partial charge in [-0.15, -0.1) is 0 Å². The summed E-state index contributed by atoms with van der Waals surface area (Å²) < 4.78 is 0. The Bertz CT molecular complexity index is 673. The number of amides is 1. The van der Waals surface area contributed by atoms with Gasteiger partial charge in [0.15, 0.2) is 0 Å². The Morgan fingerprint density at radius 1 is 1.13 bits per heavy atom. The number of hydrogen-bond donors (Lipinski definition) is 1. The largest absolute Gasteiger partial charge is 0.390 e. The maximum Gasteiger partial charge on any atom is 0.254 e. The minimum absolute atomic E-state index is 0.0213. The van der Waals surface area contributed by atoms with Gasteiger partial charge in [-0.2, -0.15) is 0 Å². The molecule has 0 bridgehead atoms. The molecule has 0 spiro atoms. The van der Waals surface area contributed by atoms with Crippen molar-refractivity contribution in [1.29, 1.82) is 0 Å². The summed E-state index contributed by atoms with van der Waals surface area (Å²) in [7, 11) is 0. The van der Waals surface area contributed by atoms with Crippen LogP contribution in [0.5, 0.6) is 0 Å². The van der Waals surface area contributed by atoms with Gasteiger partial charge in [0.05, 0.1) is 12.3 Å². The Balaban J connectivity index is 2.50. The normalized spacial score (nSPS) is 11.1. The highest BCUT2D eigenvalue weighted by atomic mass is 16.3. The van der Waals surface area contributed by atoms with Crippen LogP contribution < -0.4 is 0 Å². The molecule has 1 N–H and O–H groups in total. The number of aliphatic hydroxyl groups is 1. The van der Waals surface area contributed by atoms with Crippen molar-refractivity contribution in [1.82, 2.24) is 9.88 Å². The number of carbonyl (C=O) groups excluding carboxylic acids is 1. The second-order valence-electron chi connectivity index (χ2n) is 6.14. The van der Waals surface area contributed by atoms with E-state index >= 15 is 0 Å². The summed E-state index contributed by atoms with van der Waals surface area (Å²) in [5.41, 5.74) is 3.01. The van der Waals surface area contributed by atoms with Gasteiger partial charge in [-0.1, -0.05) is 18.2 Å². The number of carbonyl (C=O) groups is 1. The van der Waals surface area contributed by atoms with E-state index in [0.717, 1.165) is 11.1 Å². The second kappa shape index (κ2) is 7.38. The molecule has 0 unspecified atom stereocenters. The molecule has 1 aromatic carbocycles. The van der Waals surface area contributed by atoms with Crippen LogP contribution in [0.15, 0.2) is 42.6 Å². The van der Waals surface area contributed by atoms with Crippen molar-refractivity contribution in [2.24, 2.45) is 0 Å². The lowest BCUT2D eigenvalue weighted by molar-refractivity contribution is 0.0644. The molecule has 4 heteroatoms. The third-order valence-electron chi connectivity index (χ3n) is 3.79. The average molecular weight is 312 g/mol. The molecule has 1 heterocycles. The second-order valence-corrected chi connectivity index (χ2v) is 6.14.